The Balaban J connectivity index is 1.37. The largest absolute Gasteiger partial charge is 0.478 e. The zero-order valence-electron chi connectivity index (χ0n) is 18.1. The van der Waals surface area contributed by atoms with Crippen molar-refractivity contribution in [3.05, 3.63) is 94.5 Å². The molecule has 0 bridgehead atoms. The van der Waals surface area contributed by atoms with Gasteiger partial charge in [-0.15, -0.1) is 0 Å². The summed E-state index contributed by atoms with van der Waals surface area (Å²) >= 11 is 0. The molecule has 3 aromatic carbocycles. The quantitative estimate of drug-likeness (QED) is 0.440. The van der Waals surface area contributed by atoms with Crippen LogP contribution in [0, 0.1) is 6.92 Å². The van der Waals surface area contributed by atoms with E-state index in [2.05, 4.69) is 5.32 Å². The van der Waals surface area contributed by atoms with E-state index in [4.69, 9.17) is 4.74 Å². The Morgan fingerprint density at radius 2 is 1.55 bits per heavy atom. The summed E-state index contributed by atoms with van der Waals surface area (Å²) in [4.78, 5) is 23.8. The number of nitrogens with one attached hydrogen (secondary N) is 1. The summed E-state index contributed by atoms with van der Waals surface area (Å²) in [5.41, 5.74) is 4.90. The molecule has 0 radical (unpaired) electrons. The van der Waals surface area contributed by atoms with E-state index in [1.165, 1.54) is 6.07 Å². The van der Waals surface area contributed by atoms with Crippen LogP contribution in [0.4, 0.5) is 4.79 Å². The number of carboxylic acids is 1. The molecule has 1 aliphatic rings. The highest BCUT2D eigenvalue weighted by atomic mass is 16.5. The average molecular weight is 447 g/mol. The minimum absolute atomic E-state index is 0.0646. The van der Waals surface area contributed by atoms with Crippen molar-refractivity contribution >= 4 is 12.1 Å². The van der Waals surface area contributed by atoms with Gasteiger partial charge in [0.25, 0.3) is 0 Å². The zero-order chi connectivity index (χ0) is 23.5. The van der Waals surface area contributed by atoms with Gasteiger partial charge < -0.3 is 25.4 Å². The number of hydrogen-bond donors (Lipinski definition) is 4. The molecule has 1 aliphatic carbocycles. The number of rotatable bonds is 7. The number of aliphatic hydroxyl groups excluding tert-OH is 2. The number of carbonyl (C=O) groups excluding carboxylic acids is 1. The third kappa shape index (κ3) is 4.46. The molecule has 7 nitrogen and oxygen atoms in total. The van der Waals surface area contributed by atoms with E-state index in [1.807, 2.05) is 48.5 Å². The molecule has 7 heteroatoms. The third-order valence-corrected chi connectivity index (χ3v) is 6.00. The third-order valence-electron chi connectivity index (χ3n) is 6.00. The molecule has 170 valence electrons. The molecule has 0 spiro atoms. The molecule has 4 N–H and O–H groups in total. The fourth-order valence-electron chi connectivity index (χ4n) is 4.39. The number of fused-ring (bicyclic) bond motifs is 3. The zero-order valence-corrected chi connectivity index (χ0v) is 18.1. The summed E-state index contributed by atoms with van der Waals surface area (Å²) < 4.78 is 5.42. The van der Waals surface area contributed by atoms with Crippen molar-refractivity contribution in [1.82, 2.24) is 5.32 Å². The van der Waals surface area contributed by atoms with Crippen LogP contribution >= 0.6 is 0 Å². The van der Waals surface area contributed by atoms with Crippen molar-refractivity contribution in [3.8, 4) is 11.1 Å². The number of amides is 1. The smallest absolute Gasteiger partial charge is 0.407 e. The van der Waals surface area contributed by atoms with Gasteiger partial charge in [0.05, 0.1) is 5.56 Å². The van der Waals surface area contributed by atoms with E-state index >= 15 is 0 Å². The average Bonchev–Trinajstić information content (AvgIpc) is 3.14. The Kier molecular flexibility index (Phi) is 6.44. The Labute approximate surface area is 191 Å². The normalized spacial score (nSPS) is 14.2. The van der Waals surface area contributed by atoms with E-state index in [-0.39, 0.29) is 30.2 Å². The minimum atomic E-state index is -1.48. The van der Waals surface area contributed by atoms with E-state index in [9.17, 15) is 24.9 Å². The molecular weight excluding hydrogens is 422 g/mol. The van der Waals surface area contributed by atoms with Gasteiger partial charge in [0.1, 0.15) is 18.8 Å². The first-order valence-electron chi connectivity index (χ1n) is 10.7. The lowest BCUT2D eigenvalue weighted by Gasteiger charge is -2.21. The summed E-state index contributed by atoms with van der Waals surface area (Å²) in [6.45, 7) is 1.44. The van der Waals surface area contributed by atoms with Gasteiger partial charge >= 0.3 is 12.1 Å². The van der Waals surface area contributed by atoms with Crippen LogP contribution < -0.4 is 5.32 Å². The van der Waals surface area contributed by atoms with Crippen molar-refractivity contribution in [2.45, 2.75) is 25.0 Å². The number of aromatic carboxylic acids is 1. The summed E-state index contributed by atoms with van der Waals surface area (Å²) in [6, 6.07) is 20.6. The molecule has 4 rings (SSSR count). The summed E-state index contributed by atoms with van der Waals surface area (Å²) in [6.07, 6.45) is -3.62. The van der Waals surface area contributed by atoms with Crippen molar-refractivity contribution in [2.75, 3.05) is 13.2 Å². The second-order valence-electron chi connectivity index (χ2n) is 8.06. The Morgan fingerprint density at radius 3 is 2.15 bits per heavy atom. The number of carbonyl (C=O) groups is 2. The van der Waals surface area contributed by atoms with Gasteiger partial charge in [-0.1, -0.05) is 66.7 Å². The maximum absolute atomic E-state index is 12.3. The van der Waals surface area contributed by atoms with E-state index in [0.717, 1.165) is 22.3 Å². The minimum Gasteiger partial charge on any atom is -0.478 e. The SMILES string of the molecule is Cc1cccc(C(O)C(O)CNC(=O)OCC2c3ccccc3-c3ccccc32)c1C(=O)O. The molecule has 3 aromatic rings. The first-order valence-corrected chi connectivity index (χ1v) is 10.7. The fourth-order valence-corrected chi connectivity index (χ4v) is 4.39. The van der Waals surface area contributed by atoms with Crippen molar-refractivity contribution in [1.29, 1.82) is 0 Å². The first-order chi connectivity index (χ1) is 15.9. The van der Waals surface area contributed by atoms with Crippen LogP contribution in [0.5, 0.6) is 0 Å². The van der Waals surface area contributed by atoms with Crippen LogP contribution in [0.15, 0.2) is 66.7 Å². The molecule has 2 unspecified atom stereocenters. The van der Waals surface area contributed by atoms with Crippen LogP contribution in [0.25, 0.3) is 11.1 Å². The first kappa shape index (κ1) is 22.5. The fraction of sp³-hybridized carbons (Fsp3) is 0.231. The number of aliphatic hydroxyl groups is 2. The number of ether oxygens (including phenoxy) is 1. The Morgan fingerprint density at radius 1 is 0.939 bits per heavy atom. The monoisotopic (exact) mass is 447 g/mol. The molecule has 0 saturated heterocycles. The summed E-state index contributed by atoms with van der Waals surface area (Å²) in [5.74, 6) is -1.29. The van der Waals surface area contributed by atoms with Crippen LogP contribution in [-0.2, 0) is 4.74 Å². The molecule has 0 heterocycles. The number of alkyl carbamates (subject to hydrolysis) is 1. The van der Waals surface area contributed by atoms with Gasteiger partial charge in [0, 0.05) is 12.5 Å². The van der Waals surface area contributed by atoms with Gasteiger partial charge in [-0.05, 0) is 40.3 Å². The number of hydrogen-bond acceptors (Lipinski definition) is 5. The molecule has 0 aliphatic heterocycles. The standard InChI is InChI=1S/C26H25NO6/c1-15-7-6-12-20(23(15)25(30)31)24(29)22(28)13-27-26(32)33-14-21-18-10-4-2-8-16(18)17-9-3-5-11-19(17)21/h2-12,21-22,24,28-29H,13-14H2,1H3,(H,27,32)(H,30,31). The lowest BCUT2D eigenvalue weighted by molar-refractivity contribution is 0.0175. The molecule has 33 heavy (non-hydrogen) atoms. The summed E-state index contributed by atoms with van der Waals surface area (Å²) in [7, 11) is 0. The molecule has 1 amide bonds. The highest BCUT2D eigenvalue weighted by Gasteiger charge is 2.29. The van der Waals surface area contributed by atoms with Gasteiger partial charge in [-0.3, -0.25) is 0 Å². The van der Waals surface area contributed by atoms with Gasteiger partial charge in [-0.25, -0.2) is 9.59 Å². The number of carboxylic acid groups (broad SMARTS) is 1. The van der Waals surface area contributed by atoms with Gasteiger partial charge in [-0.2, -0.15) is 0 Å². The second-order valence-corrected chi connectivity index (χ2v) is 8.06. The van der Waals surface area contributed by atoms with Crippen LogP contribution in [0.3, 0.4) is 0 Å². The van der Waals surface area contributed by atoms with E-state index < -0.39 is 24.3 Å². The van der Waals surface area contributed by atoms with Gasteiger partial charge in [0.15, 0.2) is 0 Å². The van der Waals surface area contributed by atoms with Crippen molar-refractivity contribution in [2.24, 2.45) is 0 Å². The van der Waals surface area contributed by atoms with E-state index in [1.54, 1.807) is 19.1 Å². The predicted octanol–water partition coefficient (Wildman–Crippen LogP) is 3.63. The maximum Gasteiger partial charge on any atom is 0.407 e. The Hall–Kier alpha value is -3.68. The molecule has 0 saturated carbocycles. The highest BCUT2D eigenvalue weighted by Crippen LogP contribution is 2.44. The van der Waals surface area contributed by atoms with Crippen molar-refractivity contribution in [3.63, 3.8) is 0 Å². The summed E-state index contributed by atoms with van der Waals surface area (Å²) in [5, 5.41) is 32.7. The topological polar surface area (TPSA) is 116 Å². The Bertz CT molecular complexity index is 1150. The predicted molar refractivity (Wildman–Crippen MR) is 122 cm³/mol. The molecule has 0 aromatic heterocycles. The molecule has 2 atom stereocenters. The lowest BCUT2D eigenvalue weighted by atomic mass is 9.95. The van der Waals surface area contributed by atoms with E-state index in [0.29, 0.717) is 5.56 Å². The van der Waals surface area contributed by atoms with Crippen LogP contribution in [0.2, 0.25) is 0 Å². The molecule has 0 fully saturated rings. The van der Waals surface area contributed by atoms with Gasteiger partial charge in [0.2, 0.25) is 0 Å². The second kappa shape index (κ2) is 9.44. The number of benzene rings is 3. The van der Waals surface area contributed by atoms with Crippen LogP contribution in [-0.4, -0.2) is 46.6 Å². The van der Waals surface area contributed by atoms with Crippen LogP contribution in [0.1, 0.15) is 44.6 Å². The van der Waals surface area contributed by atoms with Crippen molar-refractivity contribution < 1.29 is 29.6 Å². The molecular formula is C26H25NO6. The lowest BCUT2D eigenvalue weighted by Crippen LogP contribution is -2.36. The number of aryl methyl sites for hydroxylation is 1. The highest BCUT2D eigenvalue weighted by molar-refractivity contribution is 5.91. The maximum atomic E-state index is 12.3.